The summed E-state index contributed by atoms with van der Waals surface area (Å²) in [5, 5.41) is 9.36. The number of nitrogens with zero attached hydrogens (tertiary/aromatic N) is 1. The number of thiophene rings is 1. The molecule has 0 aliphatic heterocycles. The zero-order chi connectivity index (χ0) is 40.7. The molecule has 0 fully saturated rings. The molecule has 10 aromatic carbocycles. The van der Waals surface area contributed by atoms with Crippen LogP contribution >= 0.6 is 11.3 Å². The van der Waals surface area contributed by atoms with Gasteiger partial charge in [-0.2, -0.15) is 0 Å². The average Bonchev–Trinajstić information content (AvgIpc) is 4.03. The highest BCUT2D eigenvalue weighted by molar-refractivity contribution is 7.25. The molecule has 0 N–H and O–H groups in total. The summed E-state index contributed by atoms with van der Waals surface area (Å²) in [6.45, 7) is 0. The summed E-state index contributed by atoms with van der Waals surface area (Å²) in [4.78, 5) is 2.31. The van der Waals surface area contributed by atoms with Crippen molar-refractivity contribution in [2.45, 2.75) is 0 Å². The van der Waals surface area contributed by atoms with E-state index in [1.165, 1.54) is 47.6 Å². The van der Waals surface area contributed by atoms with Crippen LogP contribution in [0.3, 0.4) is 0 Å². The van der Waals surface area contributed by atoms with E-state index in [0.717, 1.165) is 77.6 Å². The number of anilines is 3. The van der Waals surface area contributed by atoms with Crippen molar-refractivity contribution in [2.24, 2.45) is 0 Å². The first-order valence-corrected chi connectivity index (χ1v) is 21.8. The van der Waals surface area contributed by atoms with Gasteiger partial charge < -0.3 is 13.7 Å². The van der Waals surface area contributed by atoms with Crippen LogP contribution in [0.5, 0.6) is 0 Å². The van der Waals surface area contributed by atoms with Gasteiger partial charge in [0, 0.05) is 58.7 Å². The molecular formula is C58H35NO2S. The zero-order valence-electron chi connectivity index (χ0n) is 33.4. The molecule has 0 amide bonds. The van der Waals surface area contributed by atoms with Crippen molar-refractivity contribution in [3.63, 3.8) is 0 Å². The van der Waals surface area contributed by atoms with Gasteiger partial charge in [-0.3, -0.25) is 0 Å². The third kappa shape index (κ3) is 5.44. The summed E-state index contributed by atoms with van der Waals surface area (Å²) >= 11 is 1.85. The topological polar surface area (TPSA) is 29.5 Å². The van der Waals surface area contributed by atoms with Crippen molar-refractivity contribution in [1.82, 2.24) is 0 Å². The summed E-state index contributed by atoms with van der Waals surface area (Å²) in [5.41, 5.74) is 13.3. The van der Waals surface area contributed by atoms with E-state index in [1.807, 2.05) is 11.3 Å². The predicted molar refractivity (Wildman–Crippen MR) is 262 cm³/mol. The lowest BCUT2D eigenvalue weighted by molar-refractivity contribution is 0.669. The summed E-state index contributed by atoms with van der Waals surface area (Å²) < 4.78 is 16.4. The Balaban J connectivity index is 0.958. The number of para-hydroxylation sites is 3. The molecule has 0 aliphatic rings. The average molecular weight is 810 g/mol. The Hall–Kier alpha value is -7.92. The molecule has 13 aromatic rings. The standard InChI is InChI=1S/C58H35NO2S/c1-2-16-40(17-3-1)59(41-18-8-15-39(33-41)43-21-9-14-36-13-4-5-19-42(36)43)51-26-11-25-48-56-45(22-12-27-53(56)61-58(48)51)46-23-10-24-47-49-34-37(29-31-52(49)60-57(46)47)38-30-32-55-50(35-38)44-20-6-7-28-54(44)62-55/h1-35H. The Bertz CT molecular complexity index is 3890. The van der Waals surface area contributed by atoms with Crippen LogP contribution in [0.25, 0.3) is 108 Å². The van der Waals surface area contributed by atoms with Crippen LogP contribution in [0.2, 0.25) is 0 Å². The van der Waals surface area contributed by atoms with E-state index in [9.17, 15) is 0 Å². The van der Waals surface area contributed by atoms with E-state index >= 15 is 0 Å². The van der Waals surface area contributed by atoms with Crippen LogP contribution in [0, 0.1) is 0 Å². The monoisotopic (exact) mass is 809 g/mol. The van der Waals surface area contributed by atoms with Gasteiger partial charge in [-0.05, 0) is 105 Å². The van der Waals surface area contributed by atoms with E-state index < -0.39 is 0 Å². The minimum Gasteiger partial charge on any atom is -0.455 e. The molecule has 3 nitrogen and oxygen atoms in total. The Morgan fingerprint density at radius 3 is 1.92 bits per heavy atom. The Morgan fingerprint density at radius 1 is 0.339 bits per heavy atom. The molecule has 0 bridgehead atoms. The van der Waals surface area contributed by atoms with Crippen molar-refractivity contribution in [3.05, 3.63) is 212 Å². The molecule has 0 unspecified atom stereocenters. The van der Waals surface area contributed by atoms with E-state index in [0.29, 0.717) is 0 Å². The fraction of sp³-hybridized carbons (Fsp3) is 0. The Kier molecular flexibility index (Phi) is 7.78. The normalized spacial score (nSPS) is 11.9. The van der Waals surface area contributed by atoms with E-state index in [4.69, 9.17) is 8.83 Å². The highest BCUT2D eigenvalue weighted by Gasteiger charge is 2.23. The fourth-order valence-electron chi connectivity index (χ4n) is 9.62. The van der Waals surface area contributed by atoms with Crippen molar-refractivity contribution < 1.29 is 8.83 Å². The van der Waals surface area contributed by atoms with Gasteiger partial charge in [0.1, 0.15) is 16.7 Å². The lowest BCUT2D eigenvalue weighted by Gasteiger charge is -2.26. The maximum atomic E-state index is 6.96. The summed E-state index contributed by atoms with van der Waals surface area (Å²) in [6, 6.07) is 76.0. The highest BCUT2D eigenvalue weighted by Crippen LogP contribution is 2.47. The molecule has 3 heterocycles. The van der Waals surface area contributed by atoms with Crippen molar-refractivity contribution >= 4 is 103 Å². The smallest absolute Gasteiger partial charge is 0.159 e. The lowest BCUT2D eigenvalue weighted by Crippen LogP contribution is -2.10. The first kappa shape index (κ1) is 34.9. The van der Waals surface area contributed by atoms with Crippen LogP contribution in [-0.4, -0.2) is 0 Å². The highest BCUT2D eigenvalue weighted by atomic mass is 32.1. The molecule has 0 radical (unpaired) electrons. The van der Waals surface area contributed by atoms with Gasteiger partial charge in [0.15, 0.2) is 5.58 Å². The molecule has 290 valence electrons. The van der Waals surface area contributed by atoms with Crippen LogP contribution in [-0.2, 0) is 0 Å². The van der Waals surface area contributed by atoms with Gasteiger partial charge in [0.25, 0.3) is 0 Å². The van der Waals surface area contributed by atoms with Gasteiger partial charge in [-0.25, -0.2) is 0 Å². The SMILES string of the molecule is c1ccc(N(c2cccc(-c3cccc4ccccc34)c2)c2cccc3c2oc2cccc(-c4cccc5c4oc4ccc(-c6ccc7sc8ccccc8c7c6)cc45)c23)cc1. The second-order valence-corrected chi connectivity index (χ2v) is 17.1. The van der Waals surface area contributed by atoms with Gasteiger partial charge in [-0.15, -0.1) is 11.3 Å². The largest absolute Gasteiger partial charge is 0.455 e. The maximum Gasteiger partial charge on any atom is 0.159 e. The van der Waals surface area contributed by atoms with Crippen molar-refractivity contribution in [1.29, 1.82) is 0 Å². The number of fused-ring (bicyclic) bond motifs is 10. The summed E-state index contributed by atoms with van der Waals surface area (Å²) in [7, 11) is 0. The van der Waals surface area contributed by atoms with Crippen molar-refractivity contribution in [2.75, 3.05) is 4.90 Å². The molecule has 3 aromatic heterocycles. The molecule has 62 heavy (non-hydrogen) atoms. The molecule has 4 heteroatoms. The Morgan fingerprint density at radius 2 is 0.984 bits per heavy atom. The van der Waals surface area contributed by atoms with Gasteiger partial charge in [-0.1, -0.05) is 146 Å². The van der Waals surface area contributed by atoms with Crippen LogP contribution in [0.15, 0.2) is 221 Å². The maximum absolute atomic E-state index is 6.96. The molecule has 0 atom stereocenters. The van der Waals surface area contributed by atoms with Crippen LogP contribution < -0.4 is 4.90 Å². The fourth-order valence-corrected chi connectivity index (χ4v) is 10.7. The molecule has 0 aliphatic carbocycles. The molecule has 0 spiro atoms. The first-order chi connectivity index (χ1) is 30.7. The first-order valence-electron chi connectivity index (χ1n) is 21.0. The predicted octanol–water partition coefficient (Wildman–Crippen LogP) is 17.5. The van der Waals surface area contributed by atoms with E-state index in [1.54, 1.807) is 0 Å². The van der Waals surface area contributed by atoms with Crippen LogP contribution in [0.4, 0.5) is 17.1 Å². The number of rotatable bonds is 6. The van der Waals surface area contributed by atoms with Crippen molar-refractivity contribution in [3.8, 4) is 33.4 Å². The third-order valence-corrected chi connectivity index (χ3v) is 13.6. The zero-order valence-corrected chi connectivity index (χ0v) is 34.2. The molecule has 0 saturated heterocycles. The summed E-state index contributed by atoms with van der Waals surface area (Å²) in [6.07, 6.45) is 0. The summed E-state index contributed by atoms with van der Waals surface area (Å²) in [5.74, 6) is 0. The molecule has 0 saturated carbocycles. The van der Waals surface area contributed by atoms with Crippen LogP contribution in [0.1, 0.15) is 0 Å². The third-order valence-electron chi connectivity index (χ3n) is 12.5. The number of benzene rings is 10. The number of hydrogen-bond donors (Lipinski definition) is 0. The number of furan rings is 2. The van der Waals surface area contributed by atoms with Gasteiger partial charge >= 0.3 is 0 Å². The second-order valence-electron chi connectivity index (χ2n) is 16.0. The minimum atomic E-state index is 0.825. The van der Waals surface area contributed by atoms with E-state index in [2.05, 4.69) is 217 Å². The van der Waals surface area contributed by atoms with E-state index in [-0.39, 0.29) is 0 Å². The van der Waals surface area contributed by atoms with Gasteiger partial charge in [0.05, 0.1) is 5.69 Å². The number of hydrogen-bond acceptors (Lipinski definition) is 4. The Labute approximate surface area is 360 Å². The molecular weight excluding hydrogens is 775 g/mol. The minimum absolute atomic E-state index is 0.825. The second kappa shape index (κ2) is 13.8. The molecule has 13 rings (SSSR count). The lowest BCUT2D eigenvalue weighted by atomic mass is 9.96. The quantitative estimate of drug-likeness (QED) is 0.168. The van der Waals surface area contributed by atoms with Gasteiger partial charge in [0.2, 0.25) is 0 Å².